The van der Waals surface area contributed by atoms with Gasteiger partial charge in [0.25, 0.3) is 0 Å². The van der Waals surface area contributed by atoms with E-state index in [9.17, 15) is 0 Å². The molecular weight excluding hydrogens is 316 g/mol. The minimum atomic E-state index is 0.471. The van der Waals surface area contributed by atoms with E-state index in [2.05, 4.69) is 25.9 Å². The number of piperazine rings is 1. The first-order valence-corrected chi connectivity index (χ1v) is 8.24. The molecule has 8 heteroatoms. The second kappa shape index (κ2) is 5.29. The fraction of sp³-hybridized carbons (Fsp3) is 0.286. The van der Waals surface area contributed by atoms with Crippen LogP contribution < -0.4 is 10.6 Å². The van der Waals surface area contributed by atoms with Crippen molar-refractivity contribution in [2.45, 2.75) is 0 Å². The predicted octanol–water partition coefficient (Wildman–Crippen LogP) is 1.61. The van der Waals surface area contributed by atoms with Crippen LogP contribution in [0.15, 0.2) is 24.7 Å². The molecule has 22 heavy (non-hydrogen) atoms. The Hall–Kier alpha value is -2.06. The number of nitrogens with zero attached hydrogens (tertiary/aromatic N) is 5. The summed E-state index contributed by atoms with van der Waals surface area (Å²) in [6.45, 7) is 3.35. The molecule has 4 rings (SSSR count). The van der Waals surface area contributed by atoms with E-state index in [0.29, 0.717) is 5.11 Å². The van der Waals surface area contributed by atoms with Crippen molar-refractivity contribution in [3.05, 3.63) is 24.7 Å². The molecule has 0 spiro atoms. The molecule has 4 heterocycles. The van der Waals surface area contributed by atoms with Crippen LogP contribution in [-0.4, -0.2) is 51.1 Å². The molecule has 0 aliphatic carbocycles. The molecule has 112 valence electrons. The van der Waals surface area contributed by atoms with Crippen LogP contribution in [0.4, 0.5) is 5.82 Å². The molecule has 1 saturated heterocycles. The number of thiocarbonyl (C=S) groups is 1. The smallest absolute Gasteiger partial charge is 0.166 e. The summed E-state index contributed by atoms with van der Waals surface area (Å²) in [5, 5.41) is 1.56. The monoisotopic (exact) mass is 330 g/mol. The van der Waals surface area contributed by atoms with Crippen molar-refractivity contribution in [3.63, 3.8) is 0 Å². The summed E-state index contributed by atoms with van der Waals surface area (Å²) in [5.74, 6) is 0.982. The van der Waals surface area contributed by atoms with E-state index in [1.165, 1.54) is 0 Å². The Bertz CT molecular complexity index is 853. The van der Waals surface area contributed by atoms with E-state index >= 15 is 0 Å². The zero-order chi connectivity index (χ0) is 15.1. The van der Waals surface area contributed by atoms with Gasteiger partial charge in [-0.3, -0.25) is 0 Å². The largest absolute Gasteiger partial charge is 0.376 e. The van der Waals surface area contributed by atoms with Crippen LogP contribution in [0.2, 0.25) is 0 Å². The van der Waals surface area contributed by atoms with Gasteiger partial charge in [0, 0.05) is 37.8 Å². The number of thiophene rings is 1. The molecule has 1 aliphatic heterocycles. The number of hydrogen-bond donors (Lipinski definition) is 1. The van der Waals surface area contributed by atoms with Crippen molar-refractivity contribution < 1.29 is 0 Å². The Morgan fingerprint density at radius 1 is 1.18 bits per heavy atom. The summed E-state index contributed by atoms with van der Waals surface area (Å²) in [6, 6.07) is 4.00. The number of nitrogens with two attached hydrogens (primary N) is 1. The molecule has 0 bridgehead atoms. The van der Waals surface area contributed by atoms with Gasteiger partial charge in [0.15, 0.2) is 5.11 Å². The standard InChI is InChI=1S/C14H14N6S2/c15-14(21)20-6-4-19(5-7-20)12-11-10(17-8-18-12)9-2-1-3-16-13(9)22-11/h1-3,8H,4-7H2,(H2,15,21). The van der Waals surface area contributed by atoms with Gasteiger partial charge in [0.2, 0.25) is 0 Å². The molecule has 1 fully saturated rings. The van der Waals surface area contributed by atoms with E-state index in [1.807, 2.05) is 17.2 Å². The van der Waals surface area contributed by atoms with Crippen LogP contribution in [-0.2, 0) is 0 Å². The molecule has 1 aliphatic rings. The summed E-state index contributed by atoms with van der Waals surface area (Å²) in [5.41, 5.74) is 6.68. The molecule has 6 nitrogen and oxygen atoms in total. The number of fused-ring (bicyclic) bond motifs is 3. The van der Waals surface area contributed by atoms with E-state index in [0.717, 1.165) is 52.4 Å². The third-order valence-corrected chi connectivity index (χ3v) is 5.26. The fourth-order valence-corrected chi connectivity index (χ4v) is 4.06. The second-order valence-corrected chi connectivity index (χ2v) is 6.56. The number of rotatable bonds is 1. The van der Waals surface area contributed by atoms with Crippen LogP contribution in [0.5, 0.6) is 0 Å². The highest BCUT2D eigenvalue weighted by molar-refractivity contribution is 7.80. The third kappa shape index (κ3) is 2.15. The van der Waals surface area contributed by atoms with Crippen LogP contribution in [0.1, 0.15) is 0 Å². The van der Waals surface area contributed by atoms with Crippen LogP contribution in [0.3, 0.4) is 0 Å². The van der Waals surface area contributed by atoms with Gasteiger partial charge >= 0.3 is 0 Å². The van der Waals surface area contributed by atoms with Crippen LogP contribution >= 0.6 is 23.6 Å². The molecule has 3 aromatic rings. The minimum Gasteiger partial charge on any atom is -0.376 e. The Morgan fingerprint density at radius 2 is 2.00 bits per heavy atom. The van der Waals surface area contributed by atoms with Gasteiger partial charge in [-0.25, -0.2) is 15.0 Å². The van der Waals surface area contributed by atoms with Gasteiger partial charge in [-0.15, -0.1) is 11.3 Å². The summed E-state index contributed by atoms with van der Waals surface area (Å²) < 4.78 is 1.10. The highest BCUT2D eigenvalue weighted by Crippen LogP contribution is 2.36. The predicted molar refractivity (Wildman–Crippen MR) is 93.3 cm³/mol. The summed E-state index contributed by atoms with van der Waals surface area (Å²) in [6.07, 6.45) is 3.45. The van der Waals surface area contributed by atoms with Crippen molar-refractivity contribution in [1.29, 1.82) is 0 Å². The van der Waals surface area contributed by atoms with Gasteiger partial charge in [-0.05, 0) is 24.4 Å². The Balaban J connectivity index is 1.75. The maximum atomic E-state index is 5.70. The molecular formula is C14H14N6S2. The van der Waals surface area contributed by atoms with E-state index in [4.69, 9.17) is 18.0 Å². The molecule has 0 unspecified atom stereocenters. The quantitative estimate of drug-likeness (QED) is 0.680. The van der Waals surface area contributed by atoms with Gasteiger partial charge in [0.05, 0.1) is 10.2 Å². The van der Waals surface area contributed by atoms with E-state index < -0.39 is 0 Å². The first kappa shape index (κ1) is 13.6. The lowest BCUT2D eigenvalue weighted by Crippen LogP contribution is -2.50. The SMILES string of the molecule is NC(=S)N1CCN(c2ncnc3c2sc2ncccc23)CC1. The average Bonchev–Trinajstić information content (AvgIpc) is 2.93. The first-order chi connectivity index (χ1) is 10.7. The van der Waals surface area contributed by atoms with Crippen molar-refractivity contribution >= 4 is 54.9 Å². The van der Waals surface area contributed by atoms with Crippen LogP contribution in [0.25, 0.3) is 20.4 Å². The lowest BCUT2D eigenvalue weighted by Gasteiger charge is -2.35. The summed E-state index contributed by atoms with van der Waals surface area (Å²) >= 11 is 6.69. The Kier molecular flexibility index (Phi) is 3.27. The van der Waals surface area contributed by atoms with Crippen LogP contribution in [0, 0.1) is 0 Å². The molecule has 0 saturated carbocycles. The number of anilines is 1. The lowest BCUT2D eigenvalue weighted by molar-refractivity contribution is 0.387. The molecule has 0 aromatic carbocycles. The molecule has 0 amide bonds. The Labute approximate surface area is 136 Å². The summed E-state index contributed by atoms with van der Waals surface area (Å²) in [4.78, 5) is 18.7. The van der Waals surface area contributed by atoms with Crippen molar-refractivity contribution in [1.82, 2.24) is 19.9 Å². The van der Waals surface area contributed by atoms with Gasteiger partial charge < -0.3 is 15.5 Å². The van der Waals surface area contributed by atoms with E-state index in [1.54, 1.807) is 17.7 Å². The fourth-order valence-electron chi connectivity index (χ4n) is 2.76. The highest BCUT2D eigenvalue weighted by Gasteiger charge is 2.22. The van der Waals surface area contributed by atoms with Gasteiger partial charge in [-0.1, -0.05) is 0 Å². The zero-order valence-electron chi connectivity index (χ0n) is 11.8. The molecule has 0 radical (unpaired) electrons. The normalized spacial score (nSPS) is 15.6. The maximum absolute atomic E-state index is 5.70. The number of pyridine rings is 1. The maximum Gasteiger partial charge on any atom is 0.166 e. The first-order valence-electron chi connectivity index (χ1n) is 7.01. The average molecular weight is 330 g/mol. The van der Waals surface area contributed by atoms with Gasteiger partial charge in [-0.2, -0.15) is 0 Å². The number of aromatic nitrogens is 3. The summed E-state index contributed by atoms with van der Waals surface area (Å²) in [7, 11) is 0. The molecule has 0 atom stereocenters. The van der Waals surface area contributed by atoms with Crippen molar-refractivity contribution in [2.24, 2.45) is 5.73 Å². The number of hydrogen-bond acceptors (Lipinski definition) is 6. The van der Waals surface area contributed by atoms with Crippen molar-refractivity contribution in [2.75, 3.05) is 31.1 Å². The Morgan fingerprint density at radius 3 is 2.77 bits per heavy atom. The second-order valence-electron chi connectivity index (χ2n) is 5.15. The zero-order valence-corrected chi connectivity index (χ0v) is 13.4. The minimum absolute atomic E-state index is 0.471. The van der Waals surface area contributed by atoms with E-state index in [-0.39, 0.29) is 0 Å². The highest BCUT2D eigenvalue weighted by atomic mass is 32.1. The van der Waals surface area contributed by atoms with Gasteiger partial charge in [0.1, 0.15) is 17.0 Å². The topological polar surface area (TPSA) is 71.2 Å². The molecule has 3 aromatic heterocycles. The lowest BCUT2D eigenvalue weighted by atomic mass is 10.2. The van der Waals surface area contributed by atoms with Crippen molar-refractivity contribution in [3.8, 4) is 0 Å². The molecule has 2 N–H and O–H groups in total. The third-order valence-electron chi connectivity index (χ3n) is 3.90.